The number of ketones is 1. The number of methoxy groups -OCH3 is 1. The normalized spacial score (nSPS) is 17.2. The molecule has 4 rings (SSSR count). The van der Waals surface area contributed by atoms with Crippen molar-refractivity contribution in [3.8, 4) is 11.5 Å². The van der Waals surface area contributed by atoms with E-state index in [2.05, 4.69) is 0 Å². The molecular weight excluding hydrogens is 434 g/mol. The fourth-order valence-corrected chi connectivity index (χ4v) is 3.91. The number of amides is 1. The SMILES string of the molecule is COCCN1C(=O)C(=O)/C(=C(/O)c2ccc(OCc3ccccc3)cc2)[C@H]1c1ccc(O)cc1. The van der Waals surface area contributed by atoms with Gasteiger partial charge in [-0.15, -0.1) is 0 Å². The molecule has 3 aromatic rings. The molecule has 2 N–H and O–H groups in total. The highest BCUT2D eigenvalue weighted by Gasteiger charge is 2.45. The van der Waals surface area contributed by atoms with Gasteiger partial charge in [0.15, 0.2) is 0 Å². The van der Waals surface area contributed by atoms with Crippen LogP contribution in [0, 0.1) is 0 Å². The van der Waals surface area contributed by atoms with Crippen molar-refractivity contribution < 1.29 is 29.3 Å². The number of hydrogen-bond donors (Lipinski definition) is 2. The molecule has 1 aliphatic heterocycles. The maximum atomic E-state index is 12.9. The van der Waals surface area contributed by atoms with Crippen molar-refractivity contribution in [1.82, 2.24) is 4.90 Å². The van der Waals surface area contributed by atoms with Gasteiger partial charge >= 0.3 is 0 Å². The number of ether oxygens (including phenoxy) is 2. The molecule has 0 bridgehead atoms. The average Bonchev–Trinajstić information content (AvgIpc) is 3.12. The average molecular weight is 459 g/mol. The molecule has 1 atom stereocenters. The summed E-state index contributed by atoms with van der Waals surface area (Å²) in [6.07, 6.45) is 0. The summed E-state index contributed by atoms with van der Waals surface area (Å²) in [5, 5.41) is 20.8. The first-order chi connectivity index (χ1) is 16.5. The molecule has 0 spiro atoms. The van der Waals surface area contributed by atoms with Gasteiger partial charge in [0.25, 0.3) is 11.7 Å². The molecule has 1 fully saturated rings. The van der Waals surface area contributed by atoms with Gasteiger partial charge in [-0.05, 0) is 47.5 Å². The Labute approximate surface area is 197 Å². The van der Waals surface area contributed by atoms with E-state index in [-0.39, 0.29) is 30.2 Å². The van der Waals surface area contributed by atoms with Crippen LogP contribution < -0.4 is 4.74 Å². The van der Waals surface area contributed by atoms with E-state index in [1.54, 1.807) is 36.4 Å². The second kappa shape index (κ2) is 10.2. The summed E-state index contributed by atoms with van der Waals surface area (Å²) in [5.41, 5.74) is 2.00. The number of hydrogen-bond acceptors (Lipinski definition) is 6. The molecule has 1 saturated heterocycles. The molecule has 0 aromatic heterocycles. The quantitative estimate of drug-likeness (QED) is 0.300. The predicted octanol–water partition coefficient (Wildman–Crippen LogP) is 4.04. The summed E-state index contributed by atoms with van der Waals surface area (Å²) in [4.78, 5) is 27.1. The number of rotatable bonds is 8. The highest BCUT2D eigenvalue weighted by atomic mass is 16.5. The molecular formula is C27H25NO6. The van der Waals surface area contributed by atoms with Crippen molar-refractivity contribution in [1.29, 1.82) is 0 Å². The zero-order chi connectivity index (χ0) is 24.1. The zero-order valence-electron chi connectivity index (χ0n) is 18.7. The molecule has 1 amide bonds. The Bertz CT molecular complexity index is 1190. The van der Waals surface area contributed by atoms with Crippen LogP contribution in [0.2, 0.25) is 0 Å². The Kier molecular flexibility index (Phi) is 6.94. The number of aliphatic hydroxyl groups excluding tert-OH is 1. The molecule has 34 heavy (non-hydrogen) atoms. The Morgan fingerprint density at radius 3 is 2.26 bits per heavy atom. The fourth-order valence-electron chi connectivity index (χ4n) is 3.91. The van der Waals surface area contributed by atoms with Gasteiger partial charge < -0.3 is 24.6 Å². The number of likely N-dealkylation sites (tertiary alicyclic amines) is 1. The molecule has 7 heteroatoms. The third-order valence-corrected chi connectivity index (χ3v) is 5.66. The van der Waals surface area contributed by atoms with Crippen LogP contribution >= 0.6 is 0 Å². The van der Waals surface area contributed by atoms with E-state index in [0.29, 0.717) is 23.5 Å². The van der Waals surface area contributed by atoms with Crippen molar-refractivity contribution in [2.75, 3.05) is 20.3 Å². The lowest BCUT2D eigenvalue weighted by atomic mass is 9.95. The maximum Gasteiger partial charge on any atom is 0.295 e. The van der Waals surface area contributed by atoms with Crippen LogP contribution in [0.5, 0.6) is 11.5 Å². The smallest absolute Gasteiger partial charge is 0.295 e. The minimum Gasteiger partial charge on any atom is -0.508 e. The van der Waals surface area contributed by atoms with Gasteiger partial charge in [-0.1, -0.05) is 42.5 Å². The zero-order valence-corrected chi connectivity index (χ0v) is 18.7. The standard InChI is InChI=1S/C27H25NO6/c1-33-16-15-28-24(19-7-11-21(29)12-8-19)23(26(31)27(28)32)25(30)20-9-13-22(14-10-20)34-17-18-5-3-2-4-6-18/h2-14,24,29-30H,15-17H2,1H3/b25-23+/t24-/m1/s1. The molecule has 3 aromatic carbocycles. The van der Waals surface area contributed by atoms with Gasteiger partial charge in [0.2, 0.25) is 0 Å². The number of nitrogens with zero attached hydrogens (tertiary/aromatic N) is 1. The molecule has 1 heterocycles. The largest absolute Gasteiger partial charge is 0.508 e. The van der Waals surface area contributed by atoms with Gasteiger partial charge in [-0.3, -0.25) is 9.59 Å². The van der Waals surface area contributed by atoms with E-state index in [1.807, 2.05) is 30.3 Å². The number of carbonyl (C=O) groups excluding carboxylic acids is 2. The van der Waals surface area contributed by atoms with Gasteiger partial charge in [-0.25, -0.2) is 0 Å². The summed E-state index contributed by atoms with van der Waals surface area (Å²) in [6, 6.07) is 21.8. The van der Waals surface area contributed by atoms with Crippen LogP contribution in [0.4, 0.5) is 0 Å². The van der Waals surface area contributed by atoms with Gasteiger partial charge in [-0.2, -0.15) is 0 Å². The Morgan fingerprint density at radius 1 is 0.941 bits per heavy atom. The molecule has 0 unspecified atom stereocenters. The van der Waals surface area contributed by atoms with Crippen LogP contribution in [0.25, 0.3) is 5.76 Å². The fraction of sp³-hybridized carbons (Fsp3) is 0.185. The van der Waals surface area contributed by atoms with Crippen LogP contribution in [0.15, 0.2) is 84.4 Å². The van der Waals surface area contributed by atoms with Crippen LogP contribution in [-0.2, 0) is 20.9 Å². The van der Waals surface area contributed by atoms with E-state index in [9.17, 15) is 19.8 Å². The molecule has 0 aliphatic carbocycles. The molecule has 7 nitrogen and oxygen atoms in total. The number of phenolic OH excluding ortho intramolecular Hbond substituents is 1. The Morgan fingerprint density at radius 2 is 1.62 bits per heavy atom. The summed E-state index contributed by atoms with van der Waals surface area (Å²) >= 11 is 0. The molecule has 174 valence electrons. The summed E-state index contributed by atoms with van der Waals surface area (Å²) in [5.74, 6) is -1.08. The number of phenols is 1. The van der Waals surface area contributed by atoms with E-state index in [4.69, 9.17) is 9.47 Å². The third kappa shape index (κ3) is 4.79. The number of aliphatic hydroxyl groups is 1. The summed E-state index contributed by atoms with van der Waals surface area (Å²) < 4.78 is 10.9. The van der Waals surface area contributed by atoms with E-state index < -0.39 is 17.7 Å². The van der Waals surface area contributed by atoms with Gasteiger partial charge in [0.1, 0.15) is 23.9 Å². The monoisotopic (exact) mass is 459 g/mol. The van der Waals surface area contributed by atoms with Gasteiger partial charge in [0, 0.05) is 19.2 Å². The second-order valence-electron chi connectivity index (χ2n) is 7.88. The topological polar surface area (TPSA) is 96.3 Å². The number of Topliss-reactive ketones (excluding diaryl/α,β-unsaturated/α-hetero) is 1. The lowest BCUT2D eigenvalue weighted by molar-refractivity contribution is -0.140. The van der Waals surface area contributed by atoms with Crippen molar-refractivity contribution in [3.63, 3.8) is 0 Å². The van der Waals surface area contributed by atoms with E-state index >= 15 is 0 Å². The first-order valence-corrected chi connectivity index (χ1v) is 10.8. The second-order valence-corrected chi connectivity index (χ2v) is 7.88. The first kappa shape index (κ1) is 23.1. The Balaban J connectivity index is 1.65. The van der Waals surface area contributed by atoms with Crippen molar-refractivity contribution in [2.45, 2.75) is 12.6 Å². The molecule has 0 radical (unpaired) electrons. The molecule has 1 aliphatic rings. The van der Waals surface area contributed by atoms with Crippen LogP contribution in [0.3, 0.4) is 0 Å². The van der Waals surface area contributed by atoms with Crippen molar-refractivity contribution >= 4 is 17.4 Å². The third-order valence-electron chi connectivity index (χ3n) is 5.66. The highest BCUT2D eigenvalue weighted by molar-refractivity contribution is 6.46. The highest BCUT2D eigenvalue weighted by Crippen LogP contribution is 2.39. The predicted molar refractivity (Wildman–Crippen MR) is 126 cm³/mol. The van der Waals surface area contributed by atoms with Gasteiger partial charge in [0.05, 0.1) is 18.2 Å². The minimum atomic E-state index is -0.801. The van der Waals surface area contributed by atoms with Crippen LogP contribution in [0.1, 0.15) is 22.7 Å². The minimum absolute atomic E-state index is 0.00949. The van der Waals surface area contributed by atoms with E-state index in [0.717, 1.165) is 5.56 Å². The van der Waals surface area contributed by atoms with Crippen molar-refractivity contribution in [3.05, 3.63) is 101 Å². The lowest BCUT2D eigenvalue weighted by Gasteiger charge is -2.25. The van der Waals surface area contributed by atoms with Crippen LogP contribution in [-0.4, -0.2) is 47.1 Å². The first-order valence-electron chi connectivity index (χ1n) is 10.8. The lowest BCUT2D eigenvalue weighted by Crippen LogP contribution is -2.32. The number of benzene rings is 3. The summed E-state index contributed by atoms with van der Waals surface area (Å²) in [6.45, 7) is 0.808. The molecule has 0 saturated carbocycles. The van der Waals surface area contributed by atoms with E-state index in [1.165, 1.54) is 24.1 Å². The number of aromatic hydroxyl groups is 1. The maximum absolute atomic E-state index is 12.9. The number of carbonyl (C=O) groups is 2. The summed E-state index contributed by atoms with van der Waals surface area (Å²) in [7, 11) is 1.51. The van der Waals surface area contributed by atoms with Crippen molar-refractivity contribution in [2.24, 2.45) is 0 Å². The Hall–Kier alpha value is -4.10.